The Labute approximate surface area is 115 Å². The summed E-state index contributed by atoms with van der Waals surface area (Å²) >= 11 is 3.41. The molecule has 0 amide bonds. The Bertz CT molecular complexity index is 458. The number of ether oxygens (including phenoxy) is 1. The second-order valence-electron chi connectivity index (χ2n) is 3.91. The number of unbranched alkanes of at least 4 members (excludes halogenated alkanes) is 2. The highest BCUT2D eigenvalue weighted by atomic mass is 79.9. The van der Waals surface area contributed by atoms with E-state index in [0.29, 0.717) is 12.6 Å². The van der Waals surface area contributed by atoms with Crippen molar-refractivity contribution in [2.75, 3.05) is 11.9 Å². The van der Waals surface area contributed by atoms with E-state index in [9.17, 15) is 0 Å². The molecule has 4 nitrogen and oxygen atoms in total. The molecular weight excluding hydrogens is 294 g/mol. The van der Waals surface area contributed by atoms with Crippen LogP contribution in [-0.2, 0) is 0 Å². The summed E-state index contributed by atoms with van der Waals surface area (Å²) in [6, 6.07) is 10.3. The monoisotopic (exact) mass is 309 g/mol. The van der Waals surface area contributed by atoms with Gasteiger partial charge in [0.25, 0.3) is 0 Å². The van der Waals surface area contributed by atoms with Crippen molar-refractivity contribution in [2.24, 2.45) is 0 Å². The third kappa shape index (κ3) is 3.84. The van der Waals surface area contributed by atoms with E-state index in [4.69, 9.17) is 4.74 Å². The van der Waals surface area contributed by atoms with Crippen LogP contribution in [0.3, 0.4) is 0 Å². The summed E-state index contributed by atoms with van der Waals surface area (Å²) < 4.78 is 7.21. The van der Waals surface area contributed by atoms with Crippen molar-refractivity contribution < 1.29 is 4.74 Å². The van der Waals surface area contributed by atoms with Gasteiger partial charge >= 0.3 is 6.01 Å². The highest BCUT2D eigenvalue weighted by Crippen LogP contribution is 2.08. The lowest BCUT2D eigenvalue weighted by atomic mass is 10.3. The van der Waals surface area contributed by atoms with Gasteiger partial charge in [0.05, 0.1) is 12.3 Å². The topological polar surface area (TPSA) is 39.9 Å². The second-order valence-corrected chi connectivity index (χ2v) is 4.70. The molecular formula is C13H16BrN3O. The van der Waals surface area contributed by atoms with Crippen LogP contribution in [0.15, 0.2) is 36.7 Å². The van der Waals surface area contributed by atoms with Gasteiger partial charge in [0.2, 0.25) is 0 Å². The van der Waals surface area contributed by atoms with Crippen molar-refractivity contribution in [3.8, 4) is 11.7 Å². The number of para-hydroxylation sites is 1. The van der Waals surface area contributed by atoms with Crippen LogP contribution in [0, 0.1) is 0 Å². The maximum absolute atomic E-state index is 5.50. The van der Waals surface area contributed by atoms with E-state index < -0.39 is 0 Å². The Morgan fingerprint density at radius 3 is 2.72 bits per heavy atom. The minimum absolute atomic E-state index is 0.442. The van der Waals surface area contributed by atoms with Gasteiger partial charge in [-0.1, -0.05) is 34.1 Å². The molecule has 2 rings (SSSR count). The summed E-state index contributed by atoms with van der Waals surface area (Å²) in [7, 11) is 0. The first kappa shape index (κ1) is 13.1. The first-order chi connectivity index (χ1) is 8.90. The maximum Gasteiger partial charge on any atom is 0.335 e. The zero-order valence-corrected chi connectivity index (χ0v) is 11.7. The SMILES string of the molecule is BrCCCCCOc1ncn(-c2ccccc2)n1. The van der Waals surface area contributed by atoms with Crippen molar-refractivity contribution >= 4 is 15.9 Å². The van der Waals surface area contributed by atoms with Gasteiger partial charge < -0.3 is 4.74 Å². The number of aromatic nitrogens is 3. The molecule has 0 aliphatic heterocycles. The predicted molar refractivity (Wildman–Crippen MR) is 74.5 cm³/mol. The Morgan fingerprint density at radius 1 is 1.11 bits per heavy atom. The van der Waals surface area contributed by atoms with Gasteiger partial charge in [0, 0.05) is 5.33 Å². The van der Waals surface area contributed by atoms with Crippen LogP contribution in [0.5, 0.6) is 6.01 Å². The maximum atomic E-state index is 5.50. The fraction of sp³-hybridized carbons (Fsp3) is 0.385. The van der Waals surface area contributed by atoms with Crippen LogP contribution in [0.25, 0.3) is 5.69 Å². The highest BCUT2D eigenvalue weighted by Gasteiger charge is 2.02. The quantitative estimate of drug-likeness (QED) is 0.582. The average molecular weight is 310 g/mol. The summed E-state index contributed by atoms with van der Waals surface area (Å²) in [4.78, 5) is 4.13. The molecule has 96 valence electrons. The predicted octanol–water partition coefficient (Wildman–Crippen LogP) is 3.21. The molecule has 0 saturated carbocycles. The van der Waals surface area contributed by atoms with Gasteiger partial charge in [-0.05, 0) is 31.4 Å². The lowest BCUT2D eigenvalue weighted by Crippen LogP contribution is -2.00. The van der Waals surface area contributed by atoms with Crippen LogP contribution in [0.4, 0.5) is 0 Å². The molecule has 0 fully saturated rings. The second kappa shape index (κ2) is 7.16. The Hall–Kier alpha value is -1.36. The highest BCUT2D eigenvalue weighted by molar-refractivity contribution is 9.09. The van der Waals surface area contributed by atoms with E-state index in [1.165, 1.54) is 6.42 Å². The largest absolute Gasteiger partial charge is 0.462 e. The Kier molecular flexibility index (Phi) is 5.20. The number of benzene rings is 1. The molecule has 1 aromatic heterocycles. The van der Waals surface area contributed by atoms with Gasteiger partial charge in [0.1, 0.15) is 6.33 Å². The minimum atomic E-state index is 0.442. The molecule has 18 heavy (non-hydrogen) atoms. The van der Waals surface area contributed by atoms with Crippen LogP contribution in [-0.4, -0.2) is 26.7 Å². The number of hydrogen-bond donors (Lipinski definition) is 0. The number of alkyl halides is 1. The average Bonchev–Trinajstić information content (AvgIpc) is 2.88. The molecule has 2 aromatic rings. The van der Waals surface area contributed by atoms with Crippen molar-refractivity contribution in [1.82, 2.24) is 14.8 Å². The molecule has 0 saturated heterocycles. The van der Waals surface area contributed by atoms with Crippen molar-refractivity contribution in [1.29, 1.82) is 0 Å². The zero-order chi connectivity index (χ0) is 12.6. The van der Waals surface area contributed by atoms with Crippen molar-refractivity contribution in [2.45, 2.75) is 19.3 Å². The summed E-state index contributed by atoms with van der Waals surface area (Å²) in [6.45, 7) is 0.672. The third-order valence-electron chi connectivity index (χ3n) is 2.50. The molecule has 0 N–H and O–H groups in total. The molecule has 0 atom stereocenters. The Morgan fingerprint density at radius 2 is 1.94 bits per heavy atom. The fourth-order valence-electron chi connectivity index (χ4n) is 1.56. The van der Waals surface area contributed by atoms with Gasteiger partial charge in [-0.3, -0.25) is 0 Å². The third-order valence-corrected chi connectivity index (χ3v) is 3.06. The molecule has 0 bridgehead atoms. The first-order valence-electron chi connectivity index (χ1n) is 6.06. The Balaban J connectivity index is 1.83. The number of rotatable bonds is 7. The van der Waals surface area contributed by atoms with E-state index in [1.807, 2.05) is 30.3 Å². The summed E-state index contributed by atoms with van der Waals surface area (Å²) in [5, 5.41) is 5.32. The van der Waals surface area contributed by atoms with E-state index in [1.54, 1.807) is 11.0 Å². The molecule has 1 heterocycles. The molecule has 0 aliphatic carbocycles. The van der Waals surface area contributed by atoms with E-state index in [0.717, 1.165) is 23.9 Å². The molecule has 0 spiro atoms. The molecule has 0 unspecified atom stereocenters. The summed E-state index contributed by atoms with van der Waals surface area (Å²) in [5.41, 5.74) is 0.985. The van der Waals surface area contributed by atoms with Gasteiger partial charge in [0.15, 0.2) is 0 Å². The summed E-state index contributed by atoms with van der Waals surface area (Å²) in [5.74, 6) is 0. The first-order valence-corrected chi connectivity index (χ1v) is 7.18. The van der Waals surface area contributed by atoms with Crippen LogP contribution in [0.1, 0.15) is 19.3 Å². The minimum Gasteiger partial charge on any atom is -0.462 e. The normalized spacial score (nSPS) is 10.5. The lowest BCUT2D eigenvalue weighted by Gasteiger charge is -2.01. The van der Waals surface area contributed by atoms with Crippen molar-refractivity contribution in [3.05, 3.63) is 36.7 Å². The molecule has 0 aliphatic rings. The number of nitrogens with zero attached hydrogens (tertiary/aromatic N) is 3. The van der Waals surface area contributed by atoms with Crippen LogP contribution in [0.2, 0.25) is 0 Å². The lowest BCUT2D eigenvalue weighted by molar-refractivity contribution is 0.283. The molecule has 1 aromatic carbocycles. The van der Waals surface area contributed by atoms with Crippen LogP contribution < -0.4 is 4.74 Å². The van der Waals surface area contributed by atoms with Gasteiger partial charge in [-0.25, -0.2) is 4.68 Å². The fourth-order valence-corrected chi connectivity index (χ4v) is 1.95. The van der Waals surface area contributed by atoms with E-state index >= 15 is 0 Å². The standard InChI is InChI=1S/C13H16BrN3O/c14-9-5-2-6-10-18-13-15-11-17(16-13)12-7-3-1-4-8-12/h1,3-4,7-8,11H,2,5-6,9-10H2. The van der Waals surface area contributed by atoms with E-state index in [2.05, 4.69) is 26.0 Å². The van der Waals surface area contributed by atoms with Crippen LogP contribution >= 0.6 is 15.9 Å². The number of halogens is 1. The zero-order valence-electron chi connectivity index (χ0n) is 10.1. The molecule has 5 heteroatoms. The van der Waals surface area contributed by atoms with E-state index in [-0.39, 0.29) is 0 Å². The van der Waals surface area contributed by atoms with Gasteiger partial charge in [-0.2, -0.15) is 4.98 Å². The summed E-state index contributed by atoms with van der Waals surface area (Å²) in [6.07, 6.45) is 5.04. The molecule has 0 radical (unpaired) electrons. The smallest absolute Gasteiger partial charge is 0.335 e. The van der Waals surface area contributed by atoms with Gasteiger partial charge in [-0.15, -0.1) is 5.10 Å². The number of hydrogen-bond acceptors (Lipinski definition) is 3. The van der Waals surface area contributed by atoms with Crippen molar-refractivity contribution in [3.63, 3.8) is 0 Å².